The molecule has 0 spiro atoms. The lowest BCUT2D eigenvalue weighted by atomic mass is 9.83. The Balaban J connectivity index is 1.48. The third-order valence-electron chi connectivity index (χ3n) is 7.03. The summed E-state index contributed by atoms with van der Waals surface area (Å²) in [5, 5.41) is 0.475. The van der Waals surface area contributed by atoms with Gasteiger partial charge in [-0.05, 0) is 49.7 Å². The minimum absolute atomic E-state index is 0.0254. The molecular formula is C28H29ClF3N3O4. The van der Waals surface area contributed by atoms with Crippen molar-refractivity contribution >= 4 is 35.1 Å². The summed E-state index contributed by atoms with van der Waals surface area (Å²) in [6.45, 7) is 4.49. The van der Waals surface area contributed by atoms with Crippen LogP contribution in [0.5, 0.6) is 0 Å². The molecule has 2 heterocycles. The first-order chi connectivity index (χ1) is 18.5. The van der Waals surface area contributed by atoms with Gasteiger partial charge in [-0.25, -0.2) is 4.79 Å². The van der Waals surface area contributed by atoms with E-state index >= 15 is 0 Å². The quantitative estimate of drug-likeness (QED) is 0.470. The van der Waals surface area contributed by atoms with Crippen LogP contribution < -0.4 is 4.90 Å². The minimum atomic E-state index is -4.44. The summed E-state index contributed by atoms with van der Waals surface area (Å²) >= 11 is 6.15. The van der Waals surface area contributed by atoms with Crippen molar-refractivity contribution in [2.45, 2.75) is 32.4 Å². The SMILES string of the molecule is CCOC(=O)C1=C(C)N(CC(=O)N2CCN(c3cccc(C(F)(F)F)c3)CC2)C(=O)CC1c1cccc(Cl)c1. The Morgan fingerprint density at radius 1 is 1.05 bits per heavy atom. The molecule has 0 aliphatic carbocycles. The van der Waals surface area contributed by atoms with Crippen LogP contribution in [0.1, 0.15) is 37.3 Å². The topological polar surface area (TPSA) is 70.2 Å². The first-order valence-corrected chi connectivity index (χ1v) is 13.0. The molecule has 2 aliphatic heterocycles. The number of piperazine rings is 1. The zero-order valence-electron chi connectivity index (χ0n) is 21.6. The Morgan fingerprint density at radius 2 is 1.74 bits per heavy atom. The highest BCUT2D eigenvalue weighted by Gasteiger charge is 2.38. The largest absolute Gasteiger partial charge is 0.463 e. The number of benzene rings is 2. The number of esters is 1. The summed E-state index contributed by atoms with van der Waals surface area (Å²) in [4.78, 5) is 44.0. The molecule has 11 heteroatoms. The molecule has 0 aromatic heterocycles. The smallest absolute Gasteiger partial charge is 0.416 e. The number of carbonyl (C=O) groups is 3. The number of hydrogen-bond donors (Lipinski definition) is 0. The number of anilines is 1. The van der Waals surface area contributed by atoms with Crippen LogP contribution in [-0.4, -0.2) is 66.9 Å². The standard InChI is InChI=1S/C28H29ClF3N3O4/c1-3-39-27(38)26-18(2)35(24(36)16-23(26)19-6-4-8-21(29)14-19)17-25(37)34-12-10-33(11-13-34)22-9-5-7-20(15-22)28(30,31)32/h4-9,14-15,23H,3,10-13,16-17H2,1-2H3. The Morgan fingerprint density at radius 3 is 2.38 bits per heavy atom. The van der Waals surface area contributed by atoms with Crippen molar-refractivity contribution in [3.8, 4) is 0 Å². The number of alkyl halides is 3. The van der Waals surface area contributed by atoms with Crippen LogP contribution in [-0.2, 0) is 25.3 Å². The van der Waals surface area contributed by atoms with E-state index in [2.05, 4.69) is 0 Å². The van der Waals surface area contributed by atoms with Crippen molar-refractivity contribution in [3.05, 3.63) is 76.0 Å². The maximum Gasteiger partial charge on any atom is 0.416 e. The van der Waals surface area contributed by atoms with Crippen LogP contribution in [0.2, 0.25) is 5.02 Å². The lowest BCUT2D eigenvalue weighted by molar-refractivity contribution is -0.142. The summed E-state index contributed by atoms with van der Waals surface area (Å²) in [7, 11) is 0. The zero-order valence-corrected chi connectivity index (χ0v) is 22.4. The molecular weight excluding hydrogens is 535 g/mol. The molecule has 39 heavy (non-hydrogen) atoms. The summed E-state index contributed by atoms with van der Waals surface area (Å²) < 4.78 is 44.6. The number of carbonyl (C=O) groups excluding carboxylic acids is 3. The van der Waals surface area contributed by atoms with Crippen LogP contribution in [0.15, 0.2) is 59.8 Å². The van der Waals surface area contributed by atoms with E-state index in [0.717, 1.165) is 12.1 Å². The van der Waals surface area contributed by atoms with Crippen LogP contribution in [0.4, 0.5) is 18.9 Å². The van der Waals surface area contributed by atoms with Gasteiger partial charge >= 0.3 is 12.1 Å². The Kier molecular flexibility index (Phi) is 8.54. The number of halogens is 4. The minimum Gasteiger partial charge on any atom is -0.463 e. The highest BCUT2D eigenvalue weighted by molar-refractivity contribution is 6.30. The molecule has 0 N–H and O–H groups in total. The highest BCUT2D eigenvalue weighted by atomic mass is 35.5. The fourth-order valence-electron chi connectivity index (χ4n) is 5.01. The first kappa shape index (κ1) is 28.5. The van der Waals surface area contributed by atoms with E-state index in [4.69, 9.17) is 16.3 Å². The highest BCUT2D eigenvalue weighted by Crippen LogP contribution is 2.38. The fraction of sp³-hybridized carbons (Fsp3) is 0.393. The van der Waals surface area contributed by atoms with Crippen LogP contribution in [0, 0.1) is 0 Å². The van der Waals surface area contributed by atoms with Gasteiger partial charge in [0, 0.05) is 54.9 Å². The number of amides is 2. The van der Waals surface area contributed by atoms with E-state index in [0.29, 0.717) is 40.6 Å². The van der Waals surface area contributed by atoms with Gasteiger partial charge in [0.15, 0.2) is 0 Å². The molecule has 4 rings (SSSR count). The van der Waals surface area contributed by atoms with E-state index in [1.54, 1.807) is 54.0 Å². The molecule has 1 unspecified atom stereocenters. The molecule has 208 valence electrons. The van der Waals surface area contributed by atoms with Crippen molar-refractivity contribution in [2.75, 3.05) is 44.2 Å². The second kappa shape index (κ2) is 11.7. The normalized spacial score (nSPS) is 18.5. The van der Waals surface area contributed by atoms with Crippen LogP contribution >= 0.6 is 11.6 Å². The third kappa shape index (κ3) is 6.38. The van der Waals surface area contributed by atoms with Gasteiger partial charge in [0.2, 0.25) is 11.8 Å². The molecule has 2 aromatic carbocycles. The predicted octanol–water partition coefficient (Wildman–Crippen LogP) is 4.86. The average Bonchev–Trinajstić information content (AvgIpc) is 2.90. The lowest BCUT2D eigenvalue weighted by Gasteiger charge is -2.38. The monoisotopic (exact) mass is 563 g/mol. The molecule has 7 nitrogen and oxygen atoms in total. The summed E-state index contributed by atoms with van der Waals surface area (Å²) in [6.07, 6.45) is -4.46. The van der Waals surface area contributed by atoms with E-state index in [1.807, 2.05) is 0 Å². The molecule has 2 aromatic rings. The lowest BCUT2D eigenvalue weighted by Crippen LogP contribution is -2.52. The zero-order chi connectivity index (χ0) is 28.3. The second-order valence-electron chi connectivity index (χ2n) is 9.43. The van der Waals surface area contributed by atoms with Gasteiger partial charge < -0.3 is 19.4 Å². The molecule has 1 saturated heterocycles. The van der Waals surface area contributed by atoms with E-state index in [1.165, 1.54) is 11.0 Å². The van der Waals surface area contributed by atoms with Crippen molar-refractivity contribution in [3.63, 3.8) is 0 Å². The molecule has 1 atom stereocenters. The Labute approximate surface area is 229 Å². The van der Waals surface area contributed by atoms with Gasteiger partial charge in [-0.3, -0.25) is 9.59 Å². The van der Waals surface area contributed by atoms with E-state index < -0.39 is 23.6 Å². The van der Waals surface area contributed by atoms with Gasteiger partial charge in [0.05, 0.1) is 17.7 Å². The third-order valence-corrected chi connectivity index (χ3v) is 7.27. The number of ether oxygens (including phenoxy) is 1. The van der Waals surface area contributed by atoms with Crippen molar-refractivity contribution in [2.24, 2.45) is 0 Å². The maximum absolute atomic E-state index is 13.2. The molecule has 0 saturated carbocycles. The van der Waals surface area contributed by atoms with Gasteiger partial charge in [0.1, 0.15) is 6.54 Å². The van der Waals surface area contributed by atoms with Crippen molar-refractivity contribution in [1.29, 1.82) is 0 Å². The van der Waals surface area contributed by atoms with Gasteiger partial charge in [0.25, 0.3) is 0 Å². The summed E-state index contributed by atoms with van der Waals surface area (Å²) in [5.41, 5.74) is 1.08. The van der Waals surface area contributed by atoms with E-state index in [-0.39, 0.29) is 44.5 Å². The van der Waals surface area contributed by atoms with Crippen LogP contribution in [0.25, 0.3) is 0 Å². The summed E-state index contributed by atoms with van der Waals surface area (Å²) in [5.74, 6) is -1.73. The van der Waals surface area contributed by atoms with Gasteiger partial charge in [-0.15, -0.1) is 0 Å². The number of nitrogens with zero attached hydrogens (tertiary/aromatic N) is 3. The van der Waals surface area contributed by atoms with Crippen LogP contribution in [0.3, 0.4) is 0 Å². The molecule has 2 amide bonds. The Hall–Kier alpha value is -3.53. The second-order valence-corrected chi connectivity index (χ2v) is 9.86. The number of allylic oxidation sites excluding steroid dienone is 1. The molecule has 2 aliphatic rings. The molecule has 1 fully saturated rings. The maximum atomic E-state index is 13.2. The first-order valence-electron chi connectivity index (χ1n) is 12.6. The van der Waals surface area contributed by atoms with Crippen molar-refractivity contribution < 1.29 is 32.3 Å². The Bertz CT molecular complexity index is 1290. The number of hydrogen-bond acceptors (Lipinski definition) is 5. The van der Waals surface area contributed by atoms with Crippen molar-refractivity contribution in [1.82, 2.24) is 9.80 Å². The average molecular weight is 564 g/mol. The fourth-order valence-corrected chi connectivity index (χ4v) is 5.21. The molecule has 0 bridgehead atoms. The molecule has 0 radical (unpaired) electrons. The predicted molar refractivity (Wildman–Crippen MR) is 140 cm³/mol. The van der Waals surface area contributed by atoms with E-state index in [9.17, 15) is 27.6 Å². The summed E-state index contributed by atoms with van der Waals surface area (Å²) in [6, 6.07) is 12.0. The number of rotatable bonds is 6. The van der Waals surface area contributed by atoms with Gasteiger partial charge in [-0.2, -0.15) is 13.2 Å². The van der Waals surface area contributed by atoms with Gasteiger partial charge in [-0.1, -0.05) is 29.8 Å².